The van der Waals surface area contributed by atoms with Gasteiger partial charge in [-0.05, 0) is 24.3 Å². The minimum absolute atomic E-state index is 0. The molecule has 1 rings (SSSR count). The van der Waals surface area contributed by atoms with Crippen LogP contribution in [0.5, 0.6) is 11.5 Å². The van der Waals surface area contributed by atoms with Gasteiger partial charge in [0.25, 0.3) is 0 Å². The Bertz CT molecular complexity index is 237. The maximum atomic E-state index is 9.97. The topological polar surface area (TPSA) is 35.5 Å². The van der Waals surface area contributed by atoms with Crippen molar-refractivity contribution in [3.05, 3.63) is 24.3 Å². The van der Waals surface area contributed by atoms with Crippen LogP contribution >= 0.6 is 0 Å². The standard InChI is InChI=1S/C7H8O3S.Na.H/c1-9-6-2-4-7(5-3-6)10-11-8;;/h2-5,11H,1H3;;. The third kappa shape index (κ3) is 3.58. The molecule has 1 aromatic rings. The fourth-order valence-corrected chi connectivity index (χ4v) is 0.887. The van der Waals surface area contributed by atoms with E-state index in [1.807, 2.05) is 0 Å². The van der Waals surface area contributed by atoms with Crippen LogP contribution in [-0.2, 0) is 11.9 Å². The van der Waals surface area contributed by atoms with Gasteiger partial charge in [0.15, 0.2) is 11.9 Å². The van der Waals surface area contributed by atoms with Gasteiger partial charge in [0, 0.05) is 0 Å². The van der Waals surface area contributed by atoms with Gasteiger partial charge in [0.1, 0.15) is 11.5 Å². The van der Waals surface area contributed by atoms with Crippen molar-refractivity contribution >= 4 is 41.5 Å². The second-order valence-corrected chi connectivity index (χ2v) is 2.17. The zero-order valence-corrected chi connectivity index (χ0v) is 6.88. The molecule has 0 radical (unpaired) electrons. The first-order valence-corrected chi connectivity index (χ1v) is 3.73. The SMILES string of the molecule is COc1ccc(O[SH]=O)cc1.[NaH]. The molecule has 0 bridgehead atoms. The van der Waals surface area contributed by atoms with E-state index >= 15 is 0 Å². The molecule has 1 aromatic carbocycles. The molecule has 0 aliphatic rings. The van der Waals surface area contributed by atoms with Crippen LogP contribution in [-0.4, -0.2) is 40.9 Å². The Morgan fingerprint density at radius 2 is 1.67 bits per heavy atom. The molecular weight excluding hydrogens is 187 g/mol. The molecule has 0 N–H and O–H groups in total. The maximum absolute atomic E-state index is 9.97. The van der Waals surface area contributed by atoms with Gasteiger partial charge in [-0.1, -0.05) is 0 Å². The number of methoxy groups -OCH3 is 1. The van der Waals surface area contributed by atoms with E-state index in [2.05, 4.69) is 4.18 Å². The van der Waals surface area contributed by atoms with Crippen LogP contribution in [0.2, 0.25) is 0 Å². The van der Waals surface area contributed by atoms with Gasteiger partial charge in [0.2, 0.25) is 0 Å². The molecule has 0 atom stereocenters. The van der Waals surface area contributed by atoms with Gasteiger partial charge in [0.05, 0.1) is 7.11 Å². The fourth-order valence-electron chi connectivity index (χ4n) is 0.680. The van der Waals surface area contributed by atoms with Gasteiger partial charge in [-0.15, -0.1) is 0 Å². The monoisotopic (exact) mass is 196 g/mol. The van der Waals surface area contributed by atoms with Crippen LogP contribution < -0.4 is 8.92 Å². The average Bonchev–Trinajstić information content (AvgIpc) is 2.07. The molecule has 0 aliphatic heterocycles. The number of thiol groups is 1. The zero-order chi connectivity index (χ0) is 8.10. The summed E-state index contributed by atoms with van der Waals surface area (Å²) >= 11 is -0.340. The Kier molecular flexibility index (Phi) is 6.47. The molecule has 3 nitrogen and oxygen atoms in total. The molecule has 62 valence electrons. The first-order valence-electron chi connectivity index (χ1n) is 3.00. The Labute approximate surface area is 97.1 Å². The summed E-state index contributed by atoms with van der Waals surface area (Å²) in [5.41, 5.74) is 0. The zero-order valence-electron chi connectivity index (χ0n) is 5.98. The van der Waals surface area contributed by atoms with E-state index in [1.54, 1.807) is 31.4 Å². The predicted octanol–water partition coefficient (Wildman–Crippen LogP) is 0.286. The minimum atomic E-state index is -0.340. The van der Waals surface area contributed by atoms with Crippen molar-refractivity contribution in [3.8, 4) is 11.5 Å². The molecule has 0 aliphatic carbocycles. The van der Waals surface area contributed by atoms with Gasteiger partial charge >= 0.3 is 29.6 Å². The summed E-state index contributed by atoms with van der Waals surface area (Å²) in [4.78, 5) is 0. The van der Waals surface area contributed by atoms with Crippen LogP contribution in [0, 0.1) is 0 Å². The summed E-state index contributed by atoms with van der Waals surface area (Å²) < 4.78 is 19.6. The van der Waals surface area contributed by atoms with Gasteiger partial charge in [-0.25, -0.2) is 4.21 Å². The average molecular weight is 196 g/mol. The molecule has 0 aromatic heterocycles. The van der Waals surface area contributed by atoms with Crippen LogP contribution in [0.1, 0.15) is 0 Å². The summed E-state index contributed by atoms with van der Waals surface area (Å²) in [6, 6.07) is 6.84. The molecule has 0 saturated carbocycles. The number of hydrogen-bond donors (Lipinski definition) is 1. The molecule has 0 saturated heterocycles. The van der Waals surface area contributed by atoms with Crippen molar-refractivity contribution in [1.29, 1.82) is 0 Å². The van der Waals surface area contributed by atoms with E-state index in [-0.39, 0.29) is 41.5 Å². The Hall–Kier alpha value is -0.0300. The number of hydrogen-bond acceptors (Lipinski definition) is 3. The fraction of sp³-hybridized carbons (Fsp3) is 0.143. The summed E-state index contributed by atoms with van der Waals surface area (Å²) in [5.74, 6) is 1.31. The second kappa shape index (κ2) is 6.48. The molecule has 0 amide bonds. The molecule has 0 fully saturated rings. The van der Waals surface area contributed by atoms with Crippen LogP contribution in [0.4, 0.5) is 0 Å². The van der Waals surface area contributed by atoms with Crippen molar-refractivity contribution in [1.82, 2.24) is 0 Å². The van der Waals surface area contributed by atoms with Crippen LogP contribution in [0.3, 0.4) is 0 Å². The summed E-state index contributed by atoms with van der Waals surface area (Å²) in [5, 5.41) is 0. The summed E-state index contributed by atoms with van der Waals surface area (Å²) in [6.07, 6.45) is 0. The molecular formula is C7H9NaO3S. The van der Waals surface area contributed by atoms with Crippen molar-refractivity contribution < 1.29 is 13.1 Å². The van der Waals surface area contributed by atoms with Gasteiger partial charge in [-0.2, -0.15) is 0 Å². The van der Waals surface area contributed by atoms with Crippen LogP contribution in [0.25, 0.3) is 0 Å². The molecule has 12 heavy (non-hydrogen) atoms. The molecule has 5 heteroatoms. The van der Waals surface area contributed by atoms with E-state index in [4.69, 9.17) is 4.74 Å². The summed E-state index contributed by atoms with van der Waals surface area (Å²) in [6.45, 7) is 0. The van der Waals surface area contributed by atoms with Crippen molar-refractivity contribution in [3.63, 3.8) is 0 Å². The Morgan fingerprint density at radius 3 is 2.08 bits per heavy atom. The van der Waals surface area contributed by atoms with Crippen molar-refractivity contribution in [2.75, 3.05) is 7.11 Å². The predicted molar refractivity (Wildman–Crippen MR) is 50.3 cm³/mol. The third-order valence-electron chi connectivity index (χ3n) is 1.20. The normalized spacial score (nSPS) is 8.42. The van der Waals surface area contributed by atoms with E-state index in [1.165, 1.54) is 0 Å². The van der Waals surface area contributed by atoms with E-state index < -0.39 is 0 Å². The molecule has 0 spiro atoms. The third-order valence-corrected chi connectivity index (χ3v) is 1.49. The van der Waals surface area contributed by atoms with Crippen LogP contribution in [0.15, 0.2) is 24.3 Å². The van der Waals surface area contributed by atoms with Gasteiger partial charge in [-0.3, -0.25) is 0 Å². The Morgan fingerprint density at radius 1 is 1.17 bits per heavy atom. The van der Waals surface area contributed by atoms with E-state index in [0.717, 1.165) is 5.75 Å². The van der Waals surface area contributed by atoms with E-state index in [9.17, 15) is 4.21 Å². The quantitative estimate of drug-likeness (QED) is 0.557. The number of rotatable bonds is 3. The van der Waals surface area contributed by atoms with Gasteiger partial charge < -0.3 is 8.92 Å². The first kappa shape index (κ1) is 12.0. The van der Waals surface area contributed by atoms with E-state index in [0.29, 0.717) is 5.75 Å². The molecule has 0 heterocycles. The van der Waals surface area contributed by atoms with Crippen molar-refractivity contribution in [2.45, 2.75) is 0 Å². The Balaban J connectivity index is 0.00000121. The first-order chi connectivity index (χ1) is 5.36. The number of benzene rings is 1. The second-order valence-electron chi connectivity index (χ2n) is 1.84. The van der Waals surface area contributed by atoms with Crippen molar-refractivity contribution in [2.24, 2.45) is 0 Å². The molecule has 0 unspecified atom stereocenters. The number of ether oxygens (including phenoxy) is 1. The summed E-state index contributed by atoms with van der Waals surface area (Å²) in [7, 11) is 1.59.